The van der Waals surface area contributed by atoms with Crippen LogP contribution in [0.25, 0.3) is 0 Å². The molecule has 4 N–H and O–H groups in total. The van der Waals surface area contributed by atoms with Gasteiger partial charge in [-0.3, -0.25) is 16.0 Å². The predicted octanol–water partition coefficient (Wildman–Crippen LogP) is 0.0258. The average Bonchev–Trinajstić information content (AvgIpc) is 2.95. The Bertz CT molecular complexity index is 648. The van der Waals surface area contributed by atoms with Crippen molar-refractivity contribution in [3.8, 4) is 0 Å². The number of nitrogens with zero attached hydrogens (tertiary/aromatic N) is 2. The lowest BCUT2D eigenvalue weighted by Gasteiger charge is -2.22. The normalized spacial score (nSPS) is 19.6. The van der Waals surface area contributed by atoms with Crippen molar-refractivity contribution in [1.29, 1.82) is 0 Å². The second kappa shape index (κ2) is 5.93. The molecule has 1 aromatic carbocycles. The van der Waals surface area contributed by atoms with Gasteiger partial charge in [0.15, 0.2) is 0 Å². The van der Waals surface area contributed by atoms with Crippen molar-refractivity contribution in [3.63, 3.8) is 0 Å². The van der Waals surface area contributed by atoms with Crippen molar-refractivity contribution in [2.45, 2.75) is 23.8 Å². The molecule has 21 heavy (non-hydrogen) atoms. The number of hydrogen-bond donors (Lipinski definition) is 3. The van der Waals surface area contributed by atoms with Crippen molar-refractivity contribution >= 4 is 21.4 Å². The molecule has 0 radical (unpaired) electrons. The molecule has 1 fully saturated rings. The molecule has 1 heterocycles. The van der Waals surface area contributed by atoms with Gasteiger partial charge in [-0.15, -0.1) is 0 Å². The molecule has 0 aromatic heterocycles. The van der Waals surface area contributed by atoms with E-state index < -0.39 is 26.7 Å². The van der Waals surface area contributed by atoms with Crippen LogP contribution in [0.1, 0.15) is 12.8 Å². The standard InChI is InChI=1S/C11H16N4O5S/c12-13-10-4-3-9(6-11(10)15(17)18)21(19,20)14-5-1-2-8(14)7-16/h3-4,6,8,13,16H,1-2,5,7,12H2. The summed E-state index contributed by atoms with van der Waals surface area (Å²) < 4.78 is 26.2. The van der Waals surface area contributed by atoms with Crippen LogP contribution >= 0.6 is 0 Å². The van der Waals surface area contributed by atoms with Crippen LogP contribution in [-0.2, 0) is 10.0 Å². The highest BCUT2D eigenvalue weighted by atomic mass is 32.2. The lowest BCUT2D eigenvalue weighted by Crippen LogP contribution is -2.37. The van der Waals surface area contributed by atoms with Gasteiger partial charge in [0, 0.05) is 18.7 Å². The lowest BCUT2D eigenvalue weighted by molar-refractivity contribution is -0.384. The first-order valence-electron chi connectivity index (χ1n) is 6.29. The molecule has 9 nitrogen and oxygen atoms in total. The Hall–Kier alpha value is -1.75. The Kier molecular flexibility index (Phi) is 4.42. The monoisotopic (exact) mass is 316 g/mol. The number of nitro groups is 1. The molecule has 0 bridgehead atoms. The van der Waals surface area contributed by atoms with Gasteiger partial charge in [0.05, 0.1) is 16.4 Å². The number of nitro benzene ring substituents is 1. The predicted molar refractivity (Wildman–Crippen MR) is 74.9 cm³/mol. The van der Waals surface area contributed by atoms with E-state index in [9.17, 15) is 23.6 Å². The van der Waals surface area contributed by atoms with Crippen LogP contribution in [0.3, 0.4) is 0 Å². The zero-order valence-electron chi connectivity index (χ0n) is 11.1. The summed E-state index contributed by atoms with van der Waals surface area (Å²) in [5, 5.41) is 20.2. The third-order valence-corrected chi connectivity index (χ3v) is 5.41. The van der Waals surface area contributed by atoms with Gasteiger partial charge in [-0.1, -0.05) is 0 Å². The number of hydrazine groups is 1. The van der Waals surface area contributed by atoms with E-state index in [0.29, 0.717) is 12.8 Å². The topological polar surface area (TPSA) is 139 Å². The maximum absolute atomic E-state index is 12.5. The number of nitrogens with one attached hydrogen (secondary N) is 1. The number of hydrogen-bond acceptors (Lipinski definition) is 7. The van der Waals surface area contributed by atoms with Gasteiger partial charge in [0.25, 0.3) is 5.69 Å². The highest BCUT2D eigenvalue weighted by molar-refractivity contribution is 7.89. The number of aliphatic hydroxyl groups excluding tert-OH is 1. The fourth-order valence-electron chi connectivity index (χ4n) is 2.39. The number of sulfonamides is 1. The Morgan fingerprint density at radius 1 is 1.52 bits per heavy atom. The Morgan fingerprint density at radius 2 is 2.24 bits per heavy atom. The van der Waals surface area contributed by atoms with Crippen LogP contribution in [0.5, 0.6) is 0 Å². The van der Waals surface area contributed by atoms with Crippen molar-refractivity contribution in [2.75, 3.05) is 18.6 Å². The SMILES string of the molecule is NNc1ccc(S(=O)(=O)N2CCCC2CO)cc1[N+](=O)[O-]. The largest absolute Gasteiger partial charge is 0.395 e. The van der Waals surface area contributed by atoms with E-state index in [1.807, 2.05) is 0 Å². The highest BCUT2D eigenvalue weighted by Gasteiger charge is 2.35. The van der Waals surface area contributed by atoms with E-state index in [4.69, 9.17) is 5.84 Å². The van der Waals surface area contributed by atoms with Gasteiger partial charge < -0.3 is 10.5 Å². The third kappa shape index (κ3) is 2.83. The van der Waals surface area contributed by atoms with Crippen LogP contribution in [-0.4, -0.2) is 41.9 Å². The Labute approximate surface area is 121 Å². The number of rotatable bonds is 5. The average molecular weight is 316 g/mol. The van der Waals surface area contributed by atoms with Gasteiger partial charge >= 0.3 is 0 Å². The quantitative estimate of drug-likeness (QED) is 0.395. The fraction of sp³-hybridized carbons (Fsp3) is 0.455. The number of anilines is 1. The molecule has 1 aliphatic heterocycles. The van der Waals surface area contributed by atoms with E-state index in [1.54, 1.807) is 0 Å². The number of aliphatic hydroxyl groups is 1. The van der Waals surface area contributed by atoms with Gasteiger partial charge in [-0.2, -0.15) is 4.31 Å². The Balaban J connectivity index is 2.45. The summed E-state index contributed by atoms with van der Waals surface area (Å²) in [7, 11) is -3.88. The summed E-state index contributed by atoms with van der Waals surface area (Å²) >= 11 is 0. The smallest absolute Gasteiger partial charge is 0.294 e. The van der Waals surface area contributed by atoms with E-state index in [1.165, 1.54) is 16.4 Å². The Morgan fingerprint density at radius 3 is 2.81 bits per heavy atom. The number of nitrogens with two attached hydrogens (primary N) is 1. The molecular weight excluding hydrogens is 300 g/mol. The summed E-state index contributed by atoms with van der Waals surface area (Å²) in [6.07, 6.45) is 1.22. The summed E-state index contributed by atoms with van der Waals surface area (Å²) in [5.74, 6) is 5.17. The van der Waals surface area contributed by atoms with Gasteiger partial charge in [-0.05, 0) is 25.0 Å². The number of benzene rings is 1. The van der Waals surface area contributed by atoms with Crippen LogP contribution in [0.2, 0.25) is 0 Å². The third-order valence-electron chi connectivity index (χ3n) is 3.46. The van der Waals surface area contributed by atoms with Crippen LogP contribution < -0.4 is 11.3 Å². The minimum atomic E-state index is -3.88. The van der Waals surface area contributed by atoms with Crippen molar-refractivity contribution in [2.24, 2.45) is 5.84 Å². The molecule has 1 aliphatic rings. The zero-order valence-corrected chi connectivity index (χ0v) is 11.9. The molecule has 1 unspecified atom stereocenters. The molecule has 2 rings (SSSR count). The molecule has 0 amide bonds. The first kappa shape index (κ1) is 15.6. The minimum absolute atomic E-state index is 0.0269. The molecule has 0 saturated carbocycles. The van der Waals surface area contributed by atoms with E-state index in [2.05, 4.69) is 5.43 Å². The molecule has 116 valence electrons. The molecule has 0 spiro atoms. The maximum atomic E-state index is 12.5. The maximum Gasteiger partial charge on any atom is 0.294 e. The summed E-state index contributed by atoms with van der Waals surface area (Å²) in [6, 6.07) is 2.98. The second-order valence-corrected chi connectivity index (χ2v) is 6.57. The molecule has 1 aromatic rings. The van der Waals surface area contributed by atoms with Gasteiger partial charge in [0.2, 0.25) is 10.0 Å². The summed E-state index contributed by atoms with van der Waals surface area (Å²) in [6.45, 7) is 0.0159. The summed E-state index contributed by atoms with van der Waals surface area (Å²) in [5.41, 5.74) is 1.76. The van der Waals surface area contributed by atoms with Crippen molar-refractivity contribution < 1.29 is 18.4 Å². The molecule has 1 atom stereocenters. The van der Waals surface area contributed by atoms with Crippen molar-refractivity contribution in [3.05, 3.63) is 28.3 Å². The van der Waals surface area contributed by atoms with E-state index in [-0.39, 0.29) is 23.7 Å². The highest BCUT2D eigenvalue weighted by Crippen LogP contribution is 2.31. The van der Waals surface area contributed by atoms with E-state index in [0.717, 1.165) is 6.07 Å². The first-order chi connectivity index (χ1) is 9.91. The fourth-order valence-corrected chi connectivity index (χ4v) is 4.09. The second-order valence-electron chi connectivity index (χ2n) is 4.67. The number of nitrogen functional groups attached to an aromatic ring is 1. The van der Waals surface area contributed by atoms with E-state index >= 15 is 0 Å². The zero-order chi connectivity index (χ0) is 15.6. The molecule has 0 aliphatic carbocycles. The lowest BCUT2D eigenvalue weighted by atomic mass is 10.2. The van der Waals surface area contributed by atoms with Crippen molar-refractivity contribution in [1.82, 2.24) is 4.31 Å². The van der Waals surface area contributed by atoms with Gasteiger partial charge in [0.1, 0.15) is 5.69 Å². The molecular formula is C11H16N4O5S. The summed E-state index contributed by atoms with van der Waals surface area (Å²) in [4.78, 5) is 10.1. The van der Waals surface area contributed by atoms with Gasteiger partial charge in [-0.25, -0.2) is 8.42 Å². The molecule has 10 heteroatoms. The first-order valence-corrected chi connectivity index (χ1v) is 7.73. The molecule has 1 saturated heterocycles. The van der Waals surface area contributed by atoms with Crippen LogP contribution in [0.4, 0.5) is 11.4 Å². The van der Waals surface area contributed by atoms with Crippen LogP contribution in [0.15, 0.2) is 23.1 Å². The minimum Gasteiger partial charge on any atom is -0.395 e. The van der Waals surface area contributed by atoms with Crippen LogP contribution in [0, 0.1) is 10.1 Å².